The zero-order valence-corrected chi connectivity index (χ0v) is 20.8. The lowest BCUT2D eigenvalue weighted by Crippen LogP contribution is -2.48. The monoisotopic (exact) mass is 524 g/mol. The molecule has 0 spiro atoms. The number of fused-ring (bicyclic) bond motifs is 3. The molecule has 192 valence electrons. The fourth-order valence-electron chi connectivity index (χ4n) is 5.31. The SMILES string of the molecule is C=CC(=O)N1C[C@@H]2C[C@H]1CN2c1ccc2ncnc(Nc3ccc(OCC4CCOC4)c(Cl)c3F)c2n1. The molecule has 9 nitrogen and oxygen atoms in total. The molecule has 1 N–H and O–H groups in total. The van der Waals surface area contributed by atoms with E-state index >= 15 is 4.39 Å². The molecule has 1 amide bonds. The quantitative estimate of drug-likeness (QED) is 0.464. The van der Waals surface area contributed by atoms with Gasteiger partial charge in [0, 0.05) is 25.6 Å². The predicted molar refractivity (Wildman–Crippen MR) is 138 cm³/mol. The van der Waals surface area contributed by atoms with Gasteiger partial charge in [-0.3, -0.25) is 4.79 Å². The maximum Gasteiger partial charge on any atom is 0.246 e. The number of piperazine rings is 1. The van der Waals surface area contributed by atoms with Crippen molar-refractivity contribution in [3.63, 3.8) is 0 Å². The Kier molecular flexibility index (Phi) is 6.29. The van der Waals surface area contributed by atoms with Crippen LogP contribution in [0.3, 0.4) is 0 Å². The van der Waals surface area contributed by atoms with E-state index in [1.54, 1.807) is 12.1 Å². The average molecular weight is 525 g/mol. The van der Waals surface area contributed by atoms with Crippen molar-refractivity contribution in [3.05, 3.63) is 54.1 Å². The molecule has 2 bridgehead atoms. The maximum absolute atomic E-state index is 15.2. The number of pyridine rings is 1. The summed E-state index contributed by atoms with van der Waals surface area (Å²) >= 11 is 6.30. The predicted octanol–water partition coefficient (Wildman–Crippen LogP) is 3.95. The molecular formula is C26H26ClFN6O3. The van der Waals surface area contributed by atoms with E-state index in [2.05, 4.69) is 26.8 Å². The van der Waals surface area contributed by atoms with Crippen LogP contribution in [0, 0.1) is 11.7 Å². The summed E-state index contributed by atoms with van der Waals surface area (Å²) < 4.78 is 26.3. The highest BCUT2D eigenvalue weighted by Crippen LogP contribution is 2.37. The third-order valence-electron chi connectivity index (χ3n) is 7.26. The Hall–Kier alpha value is -3.50. The standard InChI is InChI=1S/C26H26ClFN6O3/c1-2-22(35)34-11-16-9-17(34)10-33(16)21-6-4-19-25(32-21)26(30-14-29-19)31-18-3-5-20(23(27)24(18)28)37-13-15-7-8-36-12-15/h2-6,14-17H,1,7-13H2,(H,29,30,31)/t15?,16-,17-/m0/s1. The topological polar surface area (TPSA) is 92.7 Å². The van der Waals surface area contributed by atoms with Crippen molar-refractivity contribution in [3.8, 4) is 5.75 Å². The van der Waals surface area contributed by atoms with Crippen molar-refractivity contribution in [1.29, 1.82) is 0 Å². The first kappa shape index (κ1) is 23.9. The lowest BCUT2D eigenvalue weighted by molar-refractivity contribution is -0.127. The highest BCUT2D eigenvalue weighted by atomic mass is 35.5. The molecule has 0 radical (unpaired) electrons. The Morgan fingerprint density at radius 1 is 1.27 bits per heavy atom. The average Bonchev–Trinajstić information content (AvgIpc) is 3.68. The van der Waals surface area contributed by atoms with Gasteiger partial charge in [-0.2, -0.15) is 0 Å². The molecule has 3 fully saturated rings. The van der Waals surface area contributed by atoms with Gasteiger partial charge in [-0.15, -0.1) is 0 Å². The fourth-order valence-corrected chi connectivity index (χ4v) is 5.53. The van der Waals surface area contributed by atoms with E-state index in [0.29, 0.717) is 49.8 Å². The Labute approximate surface area is 218 Å². The summed E-state index contributed by atoms with van der Waals surface area (Å²) in [5, 5.41) is 2.94. The summed E-state index contributed by atoms with van der Waals surface area (Å²) in [6.07, 6.45) is 4.58. The highest BCUT2D eigenvalue weighted by Gasteiger charge is 2.45. The second-order valence-corrected chi connectivity index (χ2v) is 9.93. The number of aromatic nitrogens is 3. The van der Waals surface area contributed by atoms with E-state index in [0.717, 1.165) is 18.7 Å². The minimum atomic E-state index is -0.631. The zero-order chi connectivity index (χ0) is 25.5. The van der Waals surface area contributed by atoms with Gasteiger partial charge in [-0.05, 0) is 43.2 Å². The van der Waals surface area contributed by atoms with E-state index in [1.165, 1.54) is 12.4 Å². The minimum Gasteiger partial charge on any atom is -0.492 e. The number of nitrogens with one attached hydrogen (secondary N) is 1. The Morgan fingerprint density at radius 2 is 2.16 bits per heavy atom. The van der Waals surface area contributed by atoms with Gasteiger partial charge >= 0.3 is 0 Å². The van der Waals surface area contributed by atoms with Gasteiger partial charge < -0.3 is 24.6 Å². The number of halogens is 2. The van der Waals surface area contributed by atoms with Gasteiger partial charge in [0.1, 0.15) is 28.4 Å². The maximum atomic E-state index is 15.2. The third-order valence-corrected chi connectivity index (χ3v) is 7.61. The van der Waals surface area contributed by atoms with Crippen molar-refractivity contribution < 1.29 is 18.7 Å². The van der Waals surface area contributed by atoms with E-state index in [-0.39, 0.29) is 40.4 Å². The molecular weight excluding hydrogens is 499 g/mol. The molecule has 37 heavy (non-hydrogen) atoms. The zero-order valence-electron chi connectivity index (χ0n) is 20.1. The number of likely N-dealkylation sites (tertiary alicyclic amines) is 1. The number of anilines is 3. The van der Waals surface area contributed by atoms with Crippen molar-refractivity contribution in [2.24, 2.45) is 5.92 Å². The minimum absolute atomic E-state index is 0.0387. The molecule has 11 heteroatoms. The molecule has 1 aromatic carbocycles. The summed E-state index contributed by atoms with van der Waals surface area (Å²) in [7, 11) is 0. The van der Waals surface area contributed by atoms with E-state index in [9.17, 15) is 4.79 Å². The molecule has 3 aliphatic rings. The van der Waals surface area contributed by atoms with Gasteiger partial charge in [0.2, 0.25) is 5.91 Å². The van der Waals surface area contributed by atoms with Gasteiger partial charge in [-0.1, -0.05) is 18.2 Å². The van der Waals surface area contributed by atoms with Crippen LogP contribution in [-0.2, 0) is 9.53 Å². The van der Waals surface area contributed by atoms with Gasteiger partial charge in [0.15, 0.2) is 11.6 Å². The molecule has 3 atom stereocenters. The number of carbonyl (C=O) groups is 1. The second kappa shape index (κ2) is 9.75. The largest absolute Gasteiger partial charge is 0.492 e. The number of hydrogen-bond donors (Lipinski definition) is 1. The number of ether oxygens (including phenoxy) is 2. The number of amides is 1. The van der Waals surface area contributed by atoms with Crippen LogP contribution >= 0.6 is 11.6 Å². The molecule has 2 aromatic heterocycles. The number of hydrogen-bond acceptors (Lipinski definition) is 8. The van der Waals surface area contributed by atoms with Crippen LogP contribution in [0.15, 0.2) is 43.2 Å². The van der Waals surface area contributed by atoms with Crippen LogP contribution in [0.5, 0.6) is 5.75 Å². The Balaban J connectivity index is 1.23. The highest BCUT2D eigenvalue weighted by molar-refractivity contribution is 6.32. The molecule has 0 saturated carbocycles. The number of carbonyl (C=O) groups excluding carboxylic acids is 1. The molecule has 0 aliphatic carbocycles. The van der Waals surface area contributed by atoms with Gasteiger partial charge in [0.25, 0.3) is 0 Å². The van der Waals surface area contributed by atoms with Crippen molar-refractivity contribution in [2.45, 2.75) is 24.9 Å². The number of nitrogens with zero attached hydrogens (tertiary/aromatic N) is 5. The van der Waals surface area contributed by atoms with Gasteiger partial charge in [-0.25, -0.2) is 19.3 Å². The van der Waals surface area contributed by atoms with Crippen molar-refractivity contribution in [1.82, 2.24) is 19.9 Å². The van der Waals surface area contributed by atoms with Crippen LogP contribution in [0.1, 0.15) is 12.8 Å². The summed E-state index contributed by atoms with van der Waals surface area (Å²) in [6, 6.07) is 7.32. The van der Waals surface area contributed by atoms with Gasteiger partial charge in [0.05, 0.1) is 36.5 Å². The molecule has 3 aliphatic heterocycles. The van der Waals surface area contributed by atoms with E-state index in [1.807, 2.05) is 17.0 Å². The van der Waals surface area contributed by atoms with Crippen LogP contribution < -0.4 is 15.0 Å². The Morgan fingerprint density at radius 3 is 2.92 bits per heavy atom. The van der Waals surface area contributed by atoms with E-state index < -0.39 is 5.82 Å². The first-order valence-electron chi connectivity index (χ1n) is 12.3. The van der Waals surface area contributed by atoms with Crippen molar-refractivity contribution >= 4 is 45.9 Å². The molecule has 3 aromatic rings. The summed E-state index contributed by atoms with van der Waals surface area (Å²) in [4.78, 5) is 29.6. The smallest absolute Gasteiger partial charge is 0.246 e. The Bertz CT molecular complexity index is 1370. The fraction of sp³-hybridized carbons (Fsp3) is 0.385. The summed E-state index contributed by atoms with van der Waals surface area (Å²) in [5.74, 6) is 1.03. The lowest BCUT2D eigenvalue weighted by Gasteiger charge is -2.34. The molecule has 5 heterocycles. The lowest BCUT2D eigenvalue weighted by atomic mass is 10.1. The number of benzene rings is 1. The molecule has 3 saturated heterocycles. The van der Waals surface area contributed by atoms with Crippen LogP contribution in [0.2, 0.25) is 5.02 Å². The number of rotatable bonds is 7. The second-order valence-electron chi connectivity index (χ2n) is 9.55. The first-order valence-corrected chi connectivity index (χ1v) is 12.7. The van der Waals surface area contributed by atoms with Crippen LogP contribution in [-0.4, -0.2) is 70.8 Å². The van der Waals surface area contributed by atoms with E-state index in [4.69, 9.17) is 26.1 Å². The third kappa shape index (κ3) is 4.44. The first-order chi connectivity index (χ1) is 18.0. The summed E-state index contributed by atoms with van der Waals surface area (Å²) in [5.41, 5.74) is 1.30. The van der Waals surface area contributed by atoms with Crippen LogP contribution in [0.4, 0.5) is 21.7 Å². The normalized spacial score (nSPS) is 22.6. The van der Waals surface area contributed by atoms with Crippen LogP contribution in [0.25, 0.3) is 11.0 Å². The molecule has 1 unspecified atom stereocenters. The summed E-state index contributed by atoms with van der Waals surface area (Å²) in [6.45, 7) is 6.71. The molecule has 6 rings (SSSR count). The van der Waals surface area contributed by atoms with Crippen molar-refractivity contribution in [2.75, 3.05) is 43.1 Å².